The normalized spacial score (nSPS) is 10.6. The van der Waals surface area contributed by atoms with Crippen LogP contribution in [0, 0.1) is 6.92 Å². The topological polar surface area (TPSA) is 81.9 Å². The number of thiophene rings is 1. The average Bonchev–Trinajstić information content (AvgIpc) is 3.39. The van der Waals surface area contributed by atoms with Crippen molar-refractivity contribution in [2.24, 2.45) is 0 Å². The first-order chi connectivity index (χ1) is 13.7. The number of anilines is 1. The van der Waals surface area contributed by atoms with E-state index in [1.54, 1.807) is 11.8 Å². The van der Waals surface area contributed by atoms with Crippen LogP contribution in [0.15, 0.2) is 60.9 Å². The standard InChI is InChI=1S/C20H17N5O2S/c1-13-10-15(8-9-16(13)25-12-21-23-24-25)22-20(26)19-17(27-2)11-18(28-19)14-6-4-3-5-7-14/h3-12H,1-2H3,(H,22,26). The van der Waals surface area contributed by atoms with Gasteiger partial charge in [0, 0.05) is 10.6 Å². The van der Waals surface area contributed by atoms with E-state index in [2.05, 4.69) is 20.8 Å². The van der Waals surface area contributed by atoms with Gasteiger partial charge in [-0.3, -0.25) is 4.79 Å². The third-order valence-electron chi connectivity index (χ3n) is 4.23. The fourth-order valence-electron chi connectivity index (χ4n) is 2.88. The molecule has 4 aromatic rings. The van der Waals surface area contributed by atoms with Gasteiger partial charge in [0.25, 0.3) is 5.91 Å². The molecule has 0 radical (unpaired) electrons. The van der Waals surface area contributed by atoms with E-state index in [-0.39, 0.29) is 5.91 Å². The molecule has 2 heterocycles. The molecule has 0 saturated carbocycles. The van der Waals surface area contributed by atoms with E-state index in [1.165, 1.54) is 17.7 Å². The van der Waals surface area contributed by atoms with Crippen LogP contribution in [-0.4, -0.2) is 33.2 Å². The van der Waals surface area contributed by atoms with Crippen LogP contribution in [0.25, 0.3) is 16.1 Å². The number of ether oxygens (including phenoxy) is 1. The Labute approximate surface area is 165 Å². The molecule has 0 spiro atoms. The number of carbonyl (C=O) groups excluding carboxylic acids is 1. The van der Waals surface area contributed by atoms with Crippen LogP contribution in [0.5, 0.6) is 5.75 Å². The van der Waals surface area contributed by atoms with Crippen molar-refractivity contribution in [3.63, 3.8) is 0 Å². The highest BCUT2D eigenvalue weighted by Crippen LogP contribution is 2.36. The lowest BCUT2D eigenvalue weighted by atomic mass is 10.1. The summed E-state index contributed by atoms with van der Waals surface area (Å²) in [6.45, 7) is 1.94. The summed E-state index contributed by atoms with van der Waals surface area (Å²) in [5.41, 5.74) is 3.53. The maximum Gasteiger partial charge on any atom is 0.269 e. The van der Waals surface area contributed by atoms with E-state index in [1.807, 2.05) is 61.5 Å². The van der Waals surface area contributed by atoms with Crippen molar-refractivity contribution in [3.8, 4) is 21.9 Å². The lowest BCUT2D eigenvalue weighted by Crippen LogP contribution is -2.11. The molecule has 1 N–H and O–H groups in total. The maximum atomic E-state index is 12.8. The number of aryl methyl sites for hydroxylation is 1. The van der Waals surface area contributed by atoms with Crippen LogP contribution in [0.4, 0.5) is 5.69 Å². The zero-order chi connectivity index (χ0) is 19.5. The fraction of sp³-hybridized carbons (Fsp3) is 0.100. The Balaban J connectivity index is 1.59. The van der Waals surface area contributed by atoms with Crippen molar-refractivity contribution in [1.82, 2.24) is 20.2 Å². The lowest BCUT2D eigenvalue weighted by molar-refractivity contribution is 0.102. The van der Waals surface area contributed by atoms with Gasteiger partial charge in [0.1, 0.15) is 17.0 Å². The van der Waals surface area contributed by atoms with Gasteiger partial charge < -0.3 is 10.1 Å². The van der Waals surface area contributed by atoms with E-state index in [4.69, 9.17) is 4.74 Å². The largest absolute Gasteiger partial charge is 0.495 e. The molecule has 2 aromatic carbocycles. The number of carbonyl (C=O) groups is 1. The fourth-order valence-corrected chi connectivity index (χ4v) is 3.91. The summed E-state index contributed by atoms with van der Waals surface area (Å²) in [4.78, 5) is 14.4. The van der Waals surface area contributed by atoms with Crippen LogP contribution < -0.4 is 10.1 Å². The summed E-state index contributed by atoms with van der Waals surface area (Å²) in [5, 5.41) is 14.1. The smallest absolute Gasteiger partial charge is 0.269 e. The number of amides is 1. The van der Waals surface area contributed by atoms with Crippen molar-refractivity contribution in [3.05, 3.63) is 71.4 Å². The number of nitrogens with zero attached hydrogens (tertiary/aromatic N) is 4. The quantitative estimate of drug-likeness (QED) is 0.557. The number of benzene rings is 2. The Morgan fingerprint density at radius 1 is 1.14 bits per heavy atom. The van der Waals surface area contributed by atoms with Crippen LogP contribution in [0.1, 0.15) is 15.2 Å². The van der Waals surface area contributed by atoms with Gasteiger partial charge in [0.2, 0.25) is 0 Å². The molecular weight excluding hydrogens is 374 g/mol. The van der Waals surface area contributed by atoms with Crippen LogP contribution >= 0.6 is 11.3 Å². The minimum atomic E-state index is -0.210. The molecule has 4 rings (SSSR count). The van der Waals surface area contributed by atoms with E-state index in [9.17, 15) is 4.79 Å². The summed E-state index contributed by atoms with van der Waals surface area (Å²) in [6, 6.07) is 17.4. The van der Waals surface area contributed by atoms with Crippen LogP contribution in [0.3, 0.4) is 0 Å². The monoisotopic (exact) mass is 391 g/mol. The number of rotatable bonds is 5. The summed E-state index contributed by atoms with van der Waals surface area (Å²) in [5.74, 6) is 0.349. The van der Waals surface area contributed by atoms with Crippen LogP contribution in [-0.2, 0) is 0 Å². The average molecular weight is 391 g/mol. The molecule has 28 heavy (non-hydrogen) atoms. The predicted octanol–water partition coefficient (Wildman–Crippen LogP) is 3.96. The second-order valence-electron chi connectivity index (χ2n) is 6.08. The molecule has 0 bridgehead atoms. The number of methoxy groups -OCH3 is 1. The van der Waals surface area contributed by atoms with Gasteiger partial charge in [0.05, 0.1) is 12.8 Å². The minimum absolute atomic E-state index is 0.210. The SMILES string of the molecule is COc1cc(-c2ccccc2)sc1C(=O)Nc1ccc(-n2cnnn2)c(C)c1. The Morgan fingerprint density at radius 2 is 1.96 bits per heavy atom. The van der Waals surface area contributed by atoms with E-state index >= 15 is 0 Å². The number of hydrogen-bond acceptors (Lipinski definition) is 6. The number of hydrogen-bond donors (Lipinski definition) is 1. The van der Waals surface area contributed by atoms with Gasteiger partial charge in [-0.05, 0) is 52.7 Å². The number of tetrazole rings is 1. The van der Waals surface area contributed by atoms with Gasteiger partial charge in [-0.2, -0.15) is 0 Å². The summed E-state index contributed by atoms with van der Waals surface area (Å²) < 4.78 is 7.00. The van der Waals surface area contributed by atoms with Gasteiger partial charge in [-0.25, -0.2) is 4.68 Å². The Hall–Kier alpha value is -3.52. The van der Waals surface area contributed by atoms with E-state index < -0.39 is 0 Å². The molecule has 0 aliphatic heterocycles. The third-order valence-corrected chi connectivity index (χ3v) is 5.40. The second kappa shape index (κ2) is 7.61. The number of aromatic nitrogens is 4. The molecule has 8 heteroatoms. The van der Waals surface area contributed by atoms with Crippen molar-refractivity contribution in [2.75, 3.05) is 12.4 Å². The minimum Gasteiger partial charge on any atom is -0.495 e. The summed E-state index contributed by atoms with van der Waals surface area (Å²) in [6.07, 6.45) is 1.53. The third kappa shape index (κ3) is 3.49. The predicted molar refractivity (Wildman–Crippen MR) is 108 cm³/mol. The highest BCUT2D eigenvalue weighted by Gasteiger charge is 2.18. The second-order valence-corrected chi connectivity index (χ2v) is 7.14. The first kappa shape index (κ1) is 17.9. The zero-order valence-electron chi connectivity index (χ0n) is 15.3. The molecule has 140 valence electrons. The van der Waals surface area contributed by atoms with E-state index in [0.29, 0.717) is 16.3 Å². The van der Waals surface area contributed by atoms with Crippen molar-refractivity contribution in [1.29, 1.82) is 0 Å². The molecule has 0 aliphatic rings. The molecule has 0 saturated heterocycles. The molecule has 0 aliphatic carbocycles. The van der Waals surface area contributed by atoms with Gasteiger partial charge in [-0.1, -0.05) is 30.3 Å². The van der Waals surface area contributed by atoms with Crippen molar-refractivity contribution in [2.45, 2.75) is 6.92 Å². The van der Waals surface area contributed by atoms with Crippen molar-refractivity contribution < 1.29 is 9.53 Å². The molecule has 2 aromatic heterocycles. The van der Waals surface area contributed by atoms with Gasteiger partial charge in [0.15, 0.2) is 0 Å². The molecule has 0 atom stereocenters. The first-order valence-electron chi connectivity index (χ1n) is 8.54. The summed E-state index contributed by atoms with van der Waals surface area (Å²) in [7, 11) is 1.57. The zero-order valence-corrected chi connectivity index (χ0v) is 16.1. The maximum absolute atomic E-state index is 12.8. The Kier molecular flexibility index (Phi) is 4.86. The molecule has 7 nitrogen and oxygen atoms in total. The summed E-state index contributed by atoms with van der Waals surface area (Å²) >= 11 is 1.40. The van der Waals surface area contributed by atoms with Crippen molar-refractivity contribution >= 4 is 22.9 Å². The highest BCUT2D eigenvalue weighted by atomic mass is 32.1. The molecule has 0 fully saturated rings. The Bertz CT molecular complexity index is 1110. The molecule has 0 unspecified atom stereocenters. The molecule has 1 amide bonds. The van der Waals surface area contributed by atoms with Gasteiger partial charge >= 0.3 is 0 Å². The number of nitrogens with one attached hydrogen (secondary N) is 1. The first-order valence-corrected chi connectivity index (χ1v) is 9.36. The van der Waals surface area contributed by atoms with E-state index in [0.717, 1.165) is 21.7 Å². The highest BCUT2D eigenvalue weighted by molar-refractivity contribution is 7.17. The molecular formula is C20H17N5O2S. The van der Waals surface area contributed by atoms with Crippen LogP contribution in [0.2, 0.25) is 0 Å². The van der Waals surface area contributed by atoms with Gasteiger partial charge in [-0.15, -0.1) is 16.4 Å². The Morgan fingerprint density at radius 3 is 2.64 bits per heavy atom. The lowest BCUT2D eigenvalue weighted by Gasteiger charge is -2.09.